The topological polar surface area (TPSA) is 38.5 Å². The molecule has 0 spiro atoms. The fourth-order valence-electron chi connectivity index (χ4n) is 3.52. The van der Waals surface area contributed by atoms with E-state index in [0.29, 0.717) is 18.2 Å². The van der Waals surface area contributed by atoms with E-state index in [2.05, 4.69) is 18.7 Å². The molecule has 0 amide bonds. The van der Waals surface area contributed by atoms with Crippen LogP contribution in [0.3, 0.4) is 0 Å². The van der Waals surface area contributed by atoms with Crippen LogP contribution < -0.4 is 5.73 Å². The number of nitrogens with two attached hydrogens (primary N) is 1. The molecule has 0 bridgehead atoms. The minimum absolute atomic E-state index is 0.378. The van der Waals surface area contributed by atoms with E-state index in [1.807, 2.05) is 0 Å². The van der Waals surface area contributed by atoms with Crippen LogP contribution in [0.15, 0.2) is 0 Å². The Balaban J connectivity index is 1.98. The zero-order valence-electron chi connectivity index (χ0n) is 12.1. The maximum Gasteiger partial charge on any atom is 0.0699 e. The molecular weight excluding hydrogens is 224 g/mol. The van der Waals surface area contributed by atoms with Gasteiger partial charge in [0.2, 0.25) is 0 Å². The SMILES string of the molecule is CCC1CCC(N)C(N2CCCOC(CC)C2)C1. The number of hydrogen-bond acceptors (Lipinski definition) is 3. The van der Waals surface area contributed by atoms with Gasteiger partial charge in [-0.25, -0.2) is 0 Å². The molecule has 0 aromatic carbocycles. The number of ether oxygens (including phenoxy) is 1. The molecule has 1 aliphatic heterocycles. The van der Waals surface area contributed by atoms with Crippen LogP contribution in [0.4, 0.5) is 0 Å². The molecule has 1 saturated carbocycles. The van der Waals surface area contributed by atoms with Crippen LogP contribution in [0.5, 0.6) is 0 Å². The summed E-state index contributed by atoms with van der Waals surface area (Å²) in [5.74, 6) is 0.888. The van der Waals surface area contributed by atoms with Crippen molar-refractivity contribution in [2.24, 2.45) is 11.7 Å². The van der Waals surface area contributed by atoms with Crippen molar-refractivity contribution in [2.45, 2.75) is 70.6 Å². The van der Waals surface area contributed by atoms with Gasteiger partial charge in [0.1, 0.15) is 0 Å². The van der Waals surface area contributed by atoms with E-state index >= 15 is 0 Å². The fourth-order valence-corrected chi connectivity index (χ4v) is 3.52. The van der Waals surface area contributed by atoms with Gasteiger partial charge < -0.3 is 10.5 Å². The lowest BCUT2D eigenvalue weighted by Crippen LogP contribution is -2.52. The summed E-state index contributed by atoms with van der Waals surface area (Å²) in [6.45, 7) is 7.73. The van der Waals surface area contributed by atoms with Gasteiger partial charge in [-0.1, -0.05) is 20.3 Å². The first-order valence-corrected chi connectivity index (χ1v) is 7.85. The van der Waals surface area contributed by atoms with Crippen LogP contribution in [-0.4, -0.2) is 42.8 Å². The van der Waals surface area contributed by atoms with Crippen LogP contribution in [0, 0.1) is 5.92 Å². The molecule has 0 aromatic heterocycles. The highest BCUT2D eigenvalue weighted by Gasteiger charge is 2.33. The molecule has 106 valence electrons. The molecule has 2 aliphatic rings. The van der Waals surface area contributed by atoms with Crippen molar-refractivity contribution < 1.29 is 4.74 Å². The van der Waals surface area contributed by atoms with E-state index in [9.17, 15) is 0 Å². The Morgan fingerprint density at radius 3 is 2.78 bits per heavy atom. The van der Waals surface area contributed by atoms with E-state index < -0.39 is 0 Å². The van der Waals surface area contributed by atoms with Crippen molar-refractivity contribution in [3.8, 4) is 0 Å². The third-order valence-electron chi connectivity index (χ3n) is 4.86. The largest absolute Gasteiger partial charge is 0.377 e. The van der Waals surface area contributed by atoms with E-state index in [4.69, 9.17) is 10.5 Å². The molecule has 18 heavy (non-hydrogen) atoms. The predicted octanol–water partition coefficient (Wildman–Crippen LogP) is 2.39. The van der Waals surface area contributed by atoms with E-state index in [1.165, 1.54) is 32.2 Å². The Morgan fingerprint density at radius 2 is 2.06 bits per heavy atom. The molecule has 1 saturated heterocycles. The second-order valence-electron chi connectivity index (χ2n) is 6.07. The van der Waals surface area contributed by atoms with Crippen LogP contribution in [0.2, 0.25) is 0 Å². The third kappa shape index (κ3) is 3.46. The molecular formula is C15H30N2O. The van der Waals surface area contributed by atoms with Crippen molar-refractivity contribution in [1.29, 1.82) is 0 Å². The van der Waals surface area contributed by atoms with Crippen molar-refractivity contribution in [3.05, 3.63) is 0 Å². The normalized spacial score (nSPS) is 39.5. The first kappa shape index (κ1) is 14.3. The van der Waals surface area contributed by atoms with Crippen LogP contribution in [0.1, 0.15) is 52.4 Å². The van der Waals surface area contributed by atoms with E-state index in [0.717, 1.165) is 31.9 Å². The summed E-state index contributed by atoms with van der Waals surface area (Å²) in [6, 6.07) is 0.975. The summed E-state index contributed by atoms with van der Waals surface area (Å²) < 4.78 is 5.88. The van der Waals surface area contributed by atoms with Crippen molar-refractivity contribution in [2.75, 3.05) is 19.7 Å². The molecule has 4 unspecified atom stereocenters. The number of hydrogen-bond donors (Lipinski definition) is 1. The number of rotatable bonds is 3. The zero-order chi connectivity index (χ0) is 13.0. The Morgan fingerprint density at radius 1 is 1.22 bits per heavy atom. The summed E-state index contributed by atoms with van der Waals surface area (Å²) in [4.78, 5) is 2.63. The first-order chi connectivity index (χ1) is 8.74. The van der Waals surface area contributed by atoms with Crippen LogP contribution >= 0.6 is 0 Å². The summed E-state index contributed by atoms with van der Waals surface area (Å²) >= 11 is 0. The lowest BCUT2D eigenvalue weighted by Gasteiger charge is -2.41. The van der Waals surface area contributed by atoms with Gasteiger partial charge in [-0.2, -0.15) is 0 Å². The third-order valence-corrected chi connectivity index (χ3v) is 4.86. The van der Waals surface area contributed by atoms with Gasteiger partial charge in [-0.3, -0.25) is 4.90 Å². The van der Waals surface area contributed by atoms with E-state index in [1.54, 1.807) is 0 Å². The average molecular weight is 254 g/mol. The minimum Gasteiger partial charge on any atom is -0.377 e. The standard InChI is InChI=1S/C15H30N2O/c1-3-12-6-7-14(16)15(10-12)17-8-5-9-18-13(4-2)11-17/h12-15H,3-11,16H2,1-2H3. The summed E-state index contributed by atoms with van der Waals surface area (Å²) in [7, 11) is 0. The monoisotopic (exact) mass is 254 g/mol. The summed E-state index contributed by atoms with van der Waals surface area (Å²) in [5, 5.41) is 0. The molecule has 1 aliphatic carbocycles. The zero-order valence-corrected chi connectivity index (χ0v) is 12.1. The Labute approximate surface area is 112 Å². The highest BCUT2D eigenvalue weighted by molar-refractivity contribution is 4.90. The summed E-state index contributed by atoms with van der Waals surface area (Å²) in [6.07, 6.45) is 7.85. The average Bonchev–Trinajstić information content (AvgIpc) is 2.64. The second-order valence-corrected chi connectivity index (χ2v) is 6.07. The highest BCUT2D eigenvalue weighted by Crippen LogP contribution is 2.30. The van der Waals surface area contributed by atoms with Crippen LogP contribution in [0.25, 0.3) is 0 Å². The van der Waals surface area contributed by atoms with Gasteiger partial charge in [0.05, 0.1) is 6.10 Å². The van der Waals surface area contributed by atoms with Gasteiger partial charge >= 0.3 is 0 Å². The molecule has 3 nitrogen and oxygen atoms in total. The highest BCUT2D eigenvalue weighted by atomic mass is 16.5. The van der Waals surface area contributed by atoms with Gasteiger partial charge in [0.25, 0.3) is 0 Å². The number of nitrogens with zero attached hydrogens (tertiary/aromatic N) is 1. The van der Waals surface area contributed by atoms with E-state index in [-0.39, 0.29) is 0 Å². The summed E-state index contributed by atoms with van der Waals surface area (Å²) in [5.41, 5.74) is 6.38. The van der Waals surface area contributed by atoms with Gasteiger partial charge in [0.15, 0.2) is 0 Å². The Hall–Kier alpha value is -0.120. The maximum atomic E-state index is 6.38. The quantitative estimate of drug-likeness (QED) is 0.840. The minimum atomic E-state index is 0.378. The molecule has 1 heterocycles. The lowest BCUT2D eigenvalue weighted by atomic mass is 9.80. The molecule has 4 atom stereocenters. The maximum absolute atomic E-state index is 6.38. The van der Waals surface area contributed by atoms with Crippen molar-refractivity contribution in [1.82, 2.24) is 4.90 Å². The molecule has 2 fully saturated rings. The molecule has 2 N–H and O–H groups in total. The molecule has 3 heteroatoms. The van der Waals surface area contributed by atoms with Crippen LogP contribution in [-0.2, 0) is 4.74 Å². The lowest BCUT2D eigenvalue weighted by molar-refractivity contribution is 0.0349. The Bertz CT molecular complexity index is 247. The first-order valence-electron chi connectivity index (χ1n) is 7.85. The molecule has 0 aromatic rings. The second kappa shape index (κ2) is 6.88. The van der Waals surface area contributed by atoms with Crippen molar-refractivity contribution >= 4 is 0 Å². The van der Waals surface area contributed by atoms with Gasteiger partial charge in [-0.05, 0) is 38.0 Å². The smallest absolute Gasteiger partial charge is 0.0699 e. The van der Waals surface area contributed by atoms with Gasteiger partial charge in [0, 0.05) is 31.8 Å². The Kier molecular flexibility index (Phi) is 5.46. The fraction of sp³-hybridized carbons (Fsp3) is 1.00. The van der Waals surface area contributed by atoms with Crippen molar-refractivity contribution in [3.63, 3.8) is 0 Å². The molecule has 2 rings (SSSR count). The predicted molar refractivity (Wildman–Crippen MR) is 75.6 cm³/mol. The molecule has 0 radical (unpaired) electrons. The van der Waals surface area contributed by atoms with Gasteiger partial charge in [-0.15, -0.1) is 0 Å².